The highest BCUT2D eigenvalue weighted by Crippen LogP contribution is 2.53. The Kier molecular flexibility index (Phi) is 1.83. The van der Waals surface area contributed by atoms with Gasteiger partial charge < -0.3 is 9.84 Å². The number of hydrogen-bond donors (Lipinski definition) is 1. The molecule has 0 radical (unpaired) electrons. The minimum atomic E-state index is -0.608. The molecule has 1 aliphatic carbocycles. The highest BCUT2D eigenvalue weighted by molar-refractivity contribution is 5.72. The van der Waals surface area contributed by atoms with Crippen LogP contribution in [0, 0.1) is 11.3 Å². The summed E-state index contributed by atoms with van der Waals surface area (Å²) < 4.78 is 5.24. The molecular formula is C9H14O3. The van der Waals surface area contributed by atoms with Gasteiger partial charge in [0.25, 0.3) is 0 Å². The summed E-state index contributed by atoms with van der Waals surface area (Å²) in [4.78, 5) is 10.8. The van der Waals surface area contributed by atoms with Gasteiger partial charge in [-0.1, -0.05) is 0 Å². The van der Waals surface area contributed by atoms with E-state index in [1.54, 1.807) is 0 Å². The number of hydrogen-bond acceptors (Lipinski definition) is 2. The zero-order valence-electron chi connectivity index (χ0n) is 7.08. The van der Waals surface area contributed by atoms with Crippen LogP contribution in [0.2, 0.25) is 0 Å². The second-order valence-electron chi connectivity index (χ2n) is 3.90. The number of rotatable bonds is 1. The molecule has 1 saturated heterocycles. The molecule has 0 aromatic carbocycles. The maximum Gasteiger partial charge on any atom is 0.307 e. The minimum absolute atomic E-state index is 0.0820. The fraction of sp³-hybridized carbons (Fsp3) is 0.889. The Hall–Kier alpha value is -0.570. The van der Waals surface area contributed by atoms with E-state index < -0.39 is 5.97 Å². The van der Waals surface area contributed by atoms with Crippen molar-refractivity contribution in [2.45, 2.75) is 25.7 Å². The van der Waals surface area contributed by atoms with E-state index in [9.17, 15) is 4.79 Å². The van der Waals surface area contributed by atoms with Crippen molar-refractivity contribution in [2.24, 2.45) is 11.3 Å². The molecule has 0 aromatic rings. The van der Waals surface area contributed by atoms with Crippen LogP contribution in [-0.4, -0.2) is 24.3 Å². The Bertz CT molecular complexity index is 194. The van der Waals surface area contributed by atoms with E-state index >= 15 is 0 Å². The predicted octanol–water partition coefficient (Wildman–Crippen LogP) is 1.28. The van der Waals surface area contributed by atoms with Crippen LogP contribution >= 0.6 is 0 Å². The maximum atomic E-state index is 10.8. The lowest BCUT2D eigenvalue weighted by molar-refractivity contribution is -0.161. The van der Waals surface area contributed by atoms with Crippen LogP contribution in [-0.2, 0) is 9.53 Å². The predicted molar refractivity (Wildman–Crippen MR) is 42.8 cm³/mol. The Morgan fingerprint density at radius 1 is 1.33 bits per heavy atom. The molecule has 1 saturated carbocycles. The lowest BCUT2D eigenvalue weighted by Crippen LogP contribution is -2.48. The lowest BCUT2D eigenvalue weighted by atomic mass is 9.56. The summed E-state index contributed by atoms with van der Waals surface area (Å²) in [6.07, 6.45) is 3.86. The summed E-state index contributed by atoms with van der Waals surface area (Å²) in [7, 11) is 0. The van der Waals surface area contributed by atoms with Crippen molar-refractivity contribution in [3.8, 4) is 0 Å². The Morgan fingerprint density at radius 2 is 2.00 bits per heavy atom. The van der Waals surface area contributed by atoms with Crippen LogP contribution in [0.25, 0.3) is 0 Å². The Morgan fingerprint density at radius 3 is 2.42 bits per heavy atom. The molecule has 1 aliphatic heterocycles. The van der Waals surface area contributed by atoms with Gasteiger partial charge in [-0.3, -0.25) is 4.79 Å². The molecule has 2 fully saturated rings. The fourth-order valence-corrected chi connectivity index (χ4v) is 2.46. The third-order valence-corrected chi connectivity index (χ3v) is 3.46. The molecule has 2 aliphatic rings. The van der Waals surface area contributed by atoms with Crippen molar-refractivity contribution in [1.82, 2.24) is 0 Å². The van der Waals surface area contributed by atoms with E-state index in [-0.39, 0.29) is 11.3 Å². The summed E-state index contributed by atoms with van der Waals surface area (Å²) in [6.45, 7) is 1.51. The molecule has 1 atom stereocenters. The molecule has 1 heterocycles. The van der Waals surface area contributed by atoms with Crippen molar-refractivity contribution in [1.29, 1.82) is 0 Å². The first-order valence-electron chi connectivity index (χ1n) is 4.55. The number of carboxylic acids is 1. The van der Waals surface area contributed by atoms with Crippen molar-refractivity contribution >= 4 is 5.97 Å². The monoisotopic (exact) mass is 170 g/mol. The number of ether oxygens (including phenoxy) is 1. The standard InChI is InChI=1S/C9H14O3/c10-8(11)7-1-2-9(7)3-5-12-6-4-9/h7H,1-6H2,(H,10,11)/t7-/m0/s1. The highest BCUT2D eigenvalue weighted by atomic mass is 16.5. The summed E-state index contributed by atoms with van der Waals surface area (Å²) in [5, 5.41) is 8.91. The zero-order valence-corrected chi connectivity index (χ0v) is 7.08. The van der Waals surface area contributed by atoms with Gasteiger partial charge in [0.05, 0.1) is 5.92 Å². The van der Waals surface area contributed by atoms with Crippen molar-refractivity contribution in [3.05, 3.63) is 0 Å². The van der Waals surface area contributed by atoms with E-state index in [1.807, 2.05) is 0 Å². The number of aliphatic carboxylic acids is 1. The molecule has 3 nitrogen and oxygen atoms in total. The Labute approximate surface area is 71.7 Å². The van der Waals surface area contributed by atoms with Crippen molar-refractivity contribution in [2.75, 3.05) is 13.2 Å². The molecule has 3 heteroatoms. The van der Waals surface area contributed by atoms with Gasteiger partial charge in [-0.2, -0.15) is 0 Å². The van der Waals surface area contributed by atoms with Gasteiger partial charge >= 0.3 is 5.97 Å². The van der Waals surface area contributed by atoms with Crippen molar-refractivity contribution < 1.29 is 14.6 Å². The zero-order chi connectivity index (χ0) is 8.60. The van der Waals surface area contributed by atoms with Gasteiger partial charge in [-0.15, -0.1) is 0 Å². The molecule has 0 aromatic heterocycles. The van der Waals surface area contributed by atoms with Crippen LogP contribution in [0.3, 0.4) is 0 Å². The van der Waals surface area contributed by atoms with Gasteiger partial charge in [0.1, 0.15) is 0 Å². The third-order valence-electron chi connectivity index (χ3n) is 3.46. The third kappa shape index (κ3) is 1.04. The summed E-state index contributed by atoms with van der Waals surface area (Å²) in [5.41, 5.74) is 0.115. The van der Waals surface area contributed by atoms with Crippen molar-refractivity contribution in [3.63, 3.8) is 0 Å². The largest absolute Gasteiger partial charge is 0.481 e. The molecule has 0 amide bonds. The van der Waals surface area contributed by atoms with Crippen LogP contribution in [0.1, 0.15) is 25.7 Å². The van der Waals surface area contributed by atoms with Crippen LogP contribution in [0.5, 0.6) is 0 Å². The average Bonchev–Trinajstić information content (AvgIpc) is 2.03. The molecule has 0 unspecified atom stereocenters. The second-order valence-corrected chi connectivity index (χ2v) is 3.90. The van der Waals surface area contributed by atoms with E-state index in [0.717, 1.165) is 38.9 Å². The molecule has 68 valence electrons. The number of carbonyl (C=O) groups is 1. The minimum Gasteiger partial charge on any atom is -0.481 e. The van der Waals surface area contributed by atoms with Crippen LogP contribution in [0.15, 0.2) is 0 Å². The maximum absolute atomic E-state index is 10.8. The van der Waals surface area contributed by atoms with E-state index in [1.165, 1.54) is 0 Å². The summed E-state index contributed by atoms with van der Waals surface area (Å²) in [6, 6.07) is 0. The van der Waals surface area contributed by atoms with Gasteiger partial charge in [-0.05, 0) is 31.1 Å². The van der Waals surface area contributed by atoms with Gasteiger partial charge in [0, 0.05) is 13.2 Å². The average molecular weight is 170 g/mol. The first-order valence-corrected chi connectivity index (χ1v) is 4.55. The SMILES string of the molecule is O=C(O)[C@@H]1CCC12CCOCC2. The molecule has 0 bridgehead atoms. The number of carboxylic acid groups (broad SMARTS) is 1. The second kappa shape index (κ2) is 2.73. The molecule has 2 rings (SSSR count). The van der Waals surface area contributed by atoms with Gasteiger partial charge in [0.2, 0.25) is 0 Å². The quantitative estimate of drug-likeness (QED) is 0.644. The van der Waals surface area contributed by atoms with E-state index in [0.29, 0.717) is 0 Å². The summed E-state index contributed by atoms with van der Waals surface area (Å²) >= 11 is 0. The Balaban J connectivity index is 2.05. The smallest absolute Gasteiger partial charge is 0.307 e. The fourth-order valence-electron chi connectivity index (χ4n) is 2.46. The van der Waals surface area contributed by atoms with Gasteiger partial charge in [0.15, 0.2) is 0 Å². The van der Waals surface area contributed by atoms with E-state index in [2.05, 4.69) is 0 Å². The van der Waals surface area contributed by atoms with Gasteiger partial charge in [-0.25, -0.2) is 0 Å². The van der Waals surface area contributed by atoms with Crippen LogP contribution < -0.4 is 0 Å². The molecule has 1 N–H and O–H groups in total. The summed E-state index contributed by atoms with van der Waals surface area (Å²) in [5.74, 6) is -0.690. The molecule has 12 heavy (non-hydrogen) atoms. The highest BCUT2D eigenvalue weighted by Gasteiger charge is 2.50. The van der Waals surface area contributed by atoms with E-state index in [4.69, 9.17) is 9.84 Å². The normalized spacial score (nSPS) is 32.8. The topological polar surface area (TPSA) is 46.5 Å². The lowest BCUT2D eigenvalue weighted by Gasteiger charge is -2.49. The molecule has 1 spiro atoms. The first-order chi connectivity index (χ1) is 5.75. The first kappa shape index (κ1) is 8.05. The molecular weight excluding hydrogens is 156 g/mol. The van der Waals surface area contributed by atoms with Crippen LogP contribution in [0.4, 0.5) is 0 Å².